The van der Waals surface area contributed by atoms with Crippen LogP contribution in [0.5, 0.6) is 0 Å². The molecule has 0 aliphatic heterocycles. The molecule has 1 heterocycles. The Hall–Kier alpha value is -1.42. The second-order valence-corrected chi connectivity index (χ2v) is 3.80. The number of nitrogens with zero attached hydrogens (tertiary/aromatic N) is 1. The maximum Gasteiger partial charge on any atom is 0.234 e. The number of nitrogens with one attached hydrogen (secondary N) is 2. The van der Waals surface area contributed by atoms with E-state index in [1.165, 1.54) is 0 Å². The first-order chi connectivity index (χ1) is 7.34. The van der Waals surface area contributed by atoms with Crippen molar-refractivity contribution >= 4 is 5.91 Å². The Balaban J connectivity index is 1.63. The van der Waals surface area contributed by atoms with Crippen molar-refractivity contribution in [1.82, 2.24) is 15.6 Å². The van der Waals surface area contributed by atoms with Gasteiger partial charge in [-0.15, -0.1) is 0 Å². The summed E-state index contributed by atoms with van der Waals surface area (Å²) in [6.45, 7) is 1.10. The number of rotatable bonds is 5. The lowest BCUT2D eigenvalue weighted by Crippen LogP contribution is -2.34. The van der Waals surface area contributed by atoms with Gasteiger partial charge < -0.3 is 10.6 Å². The zero-order valence-corrected chi connectivity index (χ0v) is 8.57. The van der Waals surface area contributed by atoms with Crippen LogP contribution >= 0.6 is 0 Å². The van der Waals surface area contributed by atoms with Crippen LogP contribution in [0.2, 0.25) is 0 Å². The first-order valence-corrected chi connectivity index (χ1v) is 5.23. The number of carbonyl (C=O) groups excluding carboxylic acids is 1. The summed E-state index contributed by atoms with van der Waals surface area (Å²) in [6.07, 6.45) is 5.77. The SMILES string of the molecule is O=C(CNCc1ccncc1)NC1CC1. The van der Waals surface area contributed by atoms with Crippen LogP contribution < -0.4 is 10.6 Å². The van der Waals surface area contributed by atoms with E-state index in [4.69, 9.17) is 0 Å². The highest BCUT2D eigenvalue weighted by atomic mass is 16.2. The molecule has 1 aliphatic rings. The number of aromatic nitrogens is 1. The predicted molar refractivity (Wildman–Crippen MR) is 57.1 cm³/mol. The largest absolute Gasteiger partial charge is 0.352 e. The smallest absolute Gasteiger partial charge is 0.234 e. The van der Waals surface area contributed by atoms with E-state index in [2.05, 4.69) is 15.6 Å². The van der Waals surface area contributed by atoms with Gasteiger partial charge in [-0.3, -0.25) is 9.78 Å². The van der Waals surface area contributed by atoms with Gasteiger partial charge in [0.25, 0.3) is 0 Å². The third-order valence-electron chi connectivity index (χ3n) is 2.31. The van der Waals surface area contributed by atoms with Crippen molar-refractivity contribution in [2.75, 3.05) is 6.54 Å². The minimum absolute atomic E-state index is 0.0894. The summed E-state index contributed by atoms with van der Waals surface area (Å²) >= 11 is 0. The van der Waals surface area contributed by atoms with Crippen molar-refractivity contribution in [3.05, 3.63) is 30.1 Å². The summed E-state index contributed by atoms with van der Waals surface area (Å²) in [7, 11) is 0. The quantitative estimate of drug-likeness (QED) is 0.734. The Morgan fingerprint density at radius 2 is 2.13 bits per heavy atom. The highest BCUT2D eigenvalue weighted by Gasteiger charge is 2.22. The van der Waals surface area contributed by atoms with E-state index < -0.39 is 0 Å². The Morgan fingerprint density at radius 1 is 1.40 bits per heavy atom. The lowest BCUT2D eigenvalue weighted by molar-refractivity contribution is -0.120. The molecule has 1 aromatic rings. The summed E-state index contributed by atoms with van der Waals surface area (Å²) < 4.78 is 0. The van der Waals surface area contributed by atoms with Crippen LogP contribution in [0.25, 0.3) is 0 Å². The second kappa shape index (κ2) is 4.89. The van der Waals surface area contributed by atoms with Crippen molar-refractivity contribution in [3.8, 4) is 0 Å². The van der Waals surface area contributed by atoms with Gasteiger partial charge in [0.2, 0.25) is 5.91 Å². The zero-order valence-electron chi connectivity index (χ0n) is 8.57. The number of hydrogen-bond acceptors (Lipinski definition) is 3. The molecule has 1 saturated carbocycles. The normalized spacial score (nSPS) is 14.9. The molecule has 0 atom stereocenters. The maximum atomic E-state index is 11.3. The first kappa shape index (κ1) is 10.1. The minimum Gasteiger partial charge on any atom is -0.352 e. The van der Waals surface area contributed by atoms with Gasteiger partial charge in [0.1, 0.15) is 0 Å². The fraction of sp³-hybridized carbons (Fsp3) is 0.455. The molecule has 4 heteroatoms. The molecule has 2 rings (SSSR count). The molecular weight excluding hydrogens is 190 g/mol. The predicted octanol–water partition coefficient (Wildman–Crippen LogP) is 0.450. The monoisotopic (exact) mass is 205 g/mol. The maximum absolute atomic E-state index is 11.3. The van der Waals surface area contributed by atoms with E-state index in [1.807, 2.05) is 12.1 Å². The summed E-state index contributed by atoms with van der Waals surface area (Å²) in [4.78, 5) is 15.2. The van der Waals surface area contributed by atoms with Crippen LogP contribution in [-0.2, 0) is 11.3 Å². The highest BCUT2D eigenvalue weighted by molar-refractivity contribution is 5.78. The standard InChI is InChI=1S/C11H15N3O/c15-11(14-10-1-2-10)8-13-7-9-3-5-12-6-4-9/h3-6,10,13H,1-2,7-8H2,(H,14,15). The molecule has 1 aromatic heterocycles. The molecule has 1 aliphatic carbocycles. The molecule has 0 unspecified atom stereocenters. The summed E-state index contributed by atoms with van der Waals surface area (Å²) in [5, 5.41) is 6.02. The van der Waals surface area contributed by atoms with Crippen LogP contribution in [0.1, 0.15) is 18.4 Å². The third-order valence-corrected chi connectivity index (χ3v) is 2.31. The molecule has 1 fully saturated rings. The van der Waals surface area contributed by atoms with E-state index in [-0.39, 0.29) is 5.91 Å². The van der Waals surface area contributed by atoms with Gasteiger partial charge in [0.15, 0.2) is 0 Å². The minimum atomic E-state index is 0.0894. The van der Waals surface area contributed by atoms with Crippen molar-refractivity contribution in [1.29, 1.82) is 0 Å². The zero-order chi connectivity index (χ0) is 10.5. The fourth-order valence-electron chi connectivity index (χ4n) is 1.33. The molecule has 0 aromatic carbocycles. The molecule has 0 bridgehead atoms. The lowest BCUT2D eigenvalue weighted by atomic mass is 10.3. The Kier molecular flexibility index (Phi) is 3.29. The van der Waals surface area contributed by atoms with E-state index >= 15 is 0 Å². The number of hydrogen-bond donors (Lipinski definition) is 2. The topological polar surface area (TPSA) is 54.0 Å². The van der Waals surface area contributed by atoms with Crippen LogP contribution in [0.3, 0.4) is 0 Å². The Bertz CT molecular complexity index is 322. The molecule has 4 nitrogen and oxygen atoms in total. The molecule has 2 N–H and O–H groups in total. The van der Waals surface area contributed by atoms with Crippen molar-refractivity contribution in [3.63, 3.8) is 0 Å². The van der Waals surface area contributed by atoms with Gasteiger partial charge in [-0.1, -0.05) is 0 Å². The lowest BCUT2D eigenvalue weighted by Gasteiger charge is -2.05. The summed E-state index contributed by atoms with van der Waals surface area (Å²) in [5.41, 5.74) is 1.14. The Labute approximate surface area is 89.1 Å². The van der Waals surface area contributed by atoms with Crippen LogP contribution in [0, 0.1) is 0 Å². The number of amides is 1. The fourth-order valence-corrected chi connectivity index (χ4v) is 1.33. The molecule has 0 radical (unpaired) electrons. The van der Waals surface area contributed by atoms with E-state index in [1.54, 1.807) is 12.4 Å². The average molecular weight is 205 g/mol. The van der Waals surface area contributed by atoms with Gasteiger partial charge in [-0.2, -0.15) is 0 Å². The van der Waals surface area contributed by atoms with Crippen LogP contribution in [-0.4, -0.2) is 23.5 Å². The number of pyridine rings is 1. The van der Waals surface area contributed by atoms with E-state index in [9.17, 15) is 4.79 Å². The third kappa shape index (κ3) is 3.67. The molecular formula is C11H15N3O. The van der Waals surface area contributed by atoms with Crippen molar-refractivity contribution < 1.29 is 4.79 Å². The molecule has 15 heavy (non-hydrogen) atoms. The van der Waals surface area contributed by atoms with E-state index in [0.29, 0.717) is 19.1 Å². The van der Waals surface area contributed by atoms with Gasteiger partial charge in [0.05, 0.1) is 6.54 Å². The van der Waals surface area contributed by atoms with Crippen molar-refractivity contribution in [2.45, 2.75) is 25.4 Å². The van der Waals surface area contributed by atoms with Crippen LogP contribution in [0.4, 0.5) is 0 Å². The van der Waals surface area contributed by atoms with Gasteiger partial charge in [-0.05, 0) is 30.5 Å². The van der Waals surface area contributed by atoms with Crippen molar-refractivity contribution in [2.24, 2.45) is 0 Å². The van der Waals surface area contributed by atoms with Gasteiger partial charge in [0, 0.05) is 25.0 Å². The van der Waals surface area contributed by atoms with E-state index in [0.717, 1.165) is 18.4 Å². The summed E-state index contributed by atoms with van der Waals surface area (Å²) in [5.74, 6) is 0.0894. The first-order valence-electron chi connectivity index (χ1n) is 5.23. The molecule has 0 saturated heterocycles. The highest BCUT2D eigenvalue weighted by Crippen LogP contribution is 2.18. The summed E-state index contributed by atoms with van der Waals surface area (Å²) in [6, 6.07) is 4.32. The Morgan fingerprint density at radius 3 is 2.80 bits per heavy atom. The van der Waals surface area contributed by atoms with Gasteiger partial charge in [-0.25, -0.2) is 0 Å². The molecule has 1 amide bonds. The molecule has 0 spiro atoms. The second-order valence-electron chi connectivity index (χ2n) is 3.80. The average Bonchev–Trinajstić information content (AvgIpc) is 3.03. The number of carbonyl (C=O) groups is 1. The molecule has 80 valence electrons. The van der Waals surface area contributed by atoms with Gasteiger partial charge >= 0.3 is 0 Å². The van der Waals surface area contributed by atoms with Crippen LogP contribution in [0.15, 0.2) is 24.5 Å².